The first kappa shape index (κ1) is 104. The number of hydrogen-bond donors (Lipinski definition) is 3. The number of methoxy groups -OCH3 is 4. The Kier molecular flexibility index (Phi) is 36.4. The predicted molar refractivity (Wildman–Crippen MR) is 548 cm³/mol. The van der Waals surface area contributed by atoms with Gasteiger partial charge in [-0.05, 0) is 252 Å². The van der Waals surface area contributed by atoms with Crippen molar-refractivity contribution >= 4 is 80.5 Å². The average molecular weight is 1940 g/mol. The summed E-state index contributed by atoms with van der Waals surface area (Å²) in [6, 6.07) is 78.4. The molecular weight excluding hydrogens is 1830 g/mol. The smallest absolute Gasteiger partial charge is 0.254 e. The first-order valence-electron chi connectivity index (χ1n) is 46.1. The van der Waals surface area contributed by atoms with Crippen LogP contribution >= 0.6 is 0 Å². The summed E-state index contributed by atoms with van der Waals surface area (Å²) in [6.07, 6.45) is 1.11. The van der Waals surface area contributed by atoms with Gasteiger partial charge >= 0.3 is 0 Å². The summed E-state index contributed by atoms with van der Waals surface area (Å²) < 4.78 is 115. The predicted octanol–water partition coefficient (Wildman–Crippen LogP) is 19.2. The highest BCUT2D eigenvalue weighted by Gasteiger charge is 2.27. The monoisotopic (exact) mass is 1940 g/mol. The van der Waals surface area contributed by atoms with Gasteiger partial charge in [-0.2, -0.15) is 26.3 Å². The van der Waals surface area contributed by atoms with Crippen molar-refractivity contribution in [3.63, 3.8) is 0 Å². The molecule has 0 unspecified atom stereocenters. The molecule has 0 bridgehead atoms. The van der Waals surface area contributed by atoms with Crippen LogP contribution in [0, 0.1) is 56.7 Å². The summed E-state index contributed by atoms with van der Waals surface area (Å²) in [5, 5.41) is 57.0. The van der Waals surface area contributed by atoms with E-state index in [4.69, 9.17) is 58.6 Å². The number of benzene rings is 10. The lowest BCUT2D eigenvalue weighted by Crippen LogP contribution is -2.40. The number of hydrogen-bond acceptors (Lipinski definition) is 22. The number of fused-ring (bicyclic) bond motifs is 5. The van der Waals surface area contributed by atoms with E-state index in [2.05, 4.69) is 93.4 Å². The van der Waals surface area contributed by atoms with Gasteiger partial charge in [-0.25, -0.2) is 26.3 Å². The standard InChI is InChI=1S/C24H25N3O3.C22H25N3O4S.C21H23N3O4S.C20H19N5O2.C20H21N3O2/c1-3-27-22-15-19(30-4-2)9-10-20(22)21(16-25)23(27)17-5-7-18(8-6-17)24(28)26-11-13-29-14-12-26;1-4-25-21-14-18(28-3)10-11-19(21)20(15-23)22(25)16-6-8-17(9-7-16)29-13-12-24-30(26,27)5-2;1-4-24-20-13-17(27-2)9-10-18(20)19(14-22)21(24)15-5-7-16(8-6-15)28-12-11-23-29(3,25)26;1-3-25-19-12-16(26-2)8-9-17(19)18(13-21)20(25)14-4-6-15(7-5-14)27-11-10-23-24-22;1-3-23-19-12-16(24-2)8-9-17(19)18(13-22)20(23)14-4-6-15(7-5-14)25-11-10-21/h5-10,15H,3-4,11-14H2,1-2H3;6-11,14,24H,4-5,12-13H2,1-3H3;5-10,13,23H,4,11-12H2,1-3H3;4-9,12H,3,10-11H2,1-2H3;4-9,12H,3,10-11,21H2,1-2H3. The molecule has 0 aliphatic carbocycles. The Morgan fingerprint density at radius 3 is 0.943 bits per heavy atom. The van der Waals surface area contributed by atoms with Gasteiger partial charge < -0.3 is 80.8 Å². The highest BCUT2D eigenvalue weighted by molar-refractivity contribution is 7.89. The van der Waals surface area contributed by atoms with Gasteiger partial charge in [-0.1, -0.05) is 17.2 Å². The van der Waals surface area contributed by atoms with Crippen molar-refractivity contribution in [1.82, 2.24) is 37.2 Å². The number of morpholine rings is 1. The fourth-order valence-corrected chi connectivity index (χ4v) is 18.0. The van der Waals surface area contributed by atoms with E-state index < -0.39 is 20.0 Å². The van der Waals surface area contributed by atoms with Gasteiger partial charge in [0.15, 0.2) is 0 Å². The average Bonchev–Trinajstić information content (AvgIpc) is 1.62. The molecule has 4 N–H and O–H groups in total. The molecular formula is C107H113N17O15S2. The first-order chi connectivity index (χ1) is 68.4. The summed E-state index contributed by atoms with van der Waals surface area (Å²) in [7, 11) is 0.0734. The Morgan fingerprint density at radius 2 is 0.674 bits per heavy atom. The number of rotatable bonds is 35. The zero-order valence-electron chi connectivity index (χ0n) is 80.9. The maximum Gasteiger partial charge on any atom is 0.254 e. The van der Waals surface area contributed by atoms with Crippen LogP contribution in [0.2, 0.25) is 0 Å². The van der Waals surface area contributed by atoms with E-state index in [1.165, 1.54) is 0 Å². The van der Waals surface area contributed by atoms with Crippen LogP contribution in [0.3, 0.4) is 0 Å². The van der Waals surface area contributed by atoms with Crippen molar-refractivity contribution in [3.05, 3.63) is 256 Å². The van der Waals surface area contributed by atoms with Gasteiger partial charge in [-0.15, -0.1) is 0 Å². The lowest BCUT2D eigenvalue weighted by molar-refractivity contribution is 0.0303. The van der Waals surface area contributed by atoms with Crippen molar-refractivity contribution in [1.29, 1.82) is 26.3 Å². The van der Waals surface area contributed by atoms with E-state index >= 15 is 0 Å². The molecule has 10 aromatic carbocycles. The fourth-order valence-electron chi connectivity index (χ4n) is 17.0. The molecule has 0 radical (unpaired) electrons. The highest BCUT2D eigenvalue weighted by Crippen LogP contribution is 2.43. The minimum atomic E-state index is -3.23. The highest BCUT2D eigenvalue weighted by atomic mass is 32.2. The van der Waals surface area contributed by atoms with Gasteiger partial charge in [-0.3, -0.25) is 4.79 Å². The number of aromatic nitrogens is 5. The third kappa shape index (κ3) is 24.4. The molecule has 0 atom stereocenters. The van der Waals surface area contributed by atoms with Crippen LogP contribution in [0.5, 0.6) is 51.7 Å². The molecule has 32 nitrogen and oxygen atoms in total. The van der Waals surface area contributed by atoms with Gasteiger partial charge in [0.1, 0.15) is 102 Å². The lowest BCUT2D eigenvalue weighted by atomic mass is 10.0. The number of azide groups is 1. The van der Waals surface area contributed by atoms with E-state index in [1.807, 2.05) is 238 Å². The maximum atomic E-state index is 12.7. The molecule has 1 amide bonds. The number of carbonyl (C=O) groups excluding carboxylic acids is 1. The number of sulfonamides is 2. The third-order valence-electron chi connectivity index (χ3n) is 23.5. The Balaban J connectivity index is 0.000000158. The number of aryl methyl sites for hydroxylation is 5. The molecule has 6 heterocycles. The molecule has 16 rings (SSSR count). The first-order valence-corrected chi connectivity index (χ1v) is 49.6. The molecule has 1 fully saturated rings. The van der Waals surface area contributed by atoms with Crippen molar-refractivity contribution in [3.8, 4) is 138 Å². The van der Waals surface area contributed by atoms with Crippen molar-refractivity contribution in [2.75, 3.05) is 126 Å². The normalized spacial score (nSPS) is 11.6. The quantitative estimate of drug-likeness (QED) is 0.0144. The Labute approximate surface area is 820 Å². The van der Waals surface area contributed by atoms with Crippen molar-refractivity contribution in [2.45, 2.75) is 81.2 Å². The topological polar surface area (TPSA) is 423 Å². The fraction of sp³-hybridized carbons (Fsp3) is 0.290. The van der Waals surface area contributed by atoms with Crippen LogP contribution in [-0.2, 0) is 57.5 Å². The second-order valence-electron chi connectivity index (χ2n) is 31.7. The SMILES string of the molecule is CCOc1ccc2c(C#N)c(-c3ccc(C(=O)N4CCOCC4)cc3)n(CC)c2c1.CCn1c(-c2ccc(OCCN)cc2)c(C#N)c2ccc(OC)cc21.CCn1c(-c2ccc(OCCN=[N+]=[N-])cc2)c(C#N)c2ccc(OC)cc21.CCn1c(-c2ccc(OCCNS(=O)(=O)CC)cc2)c(C#N)c2ccc(OC)cc21.CCn1c(-c2ccc(OCCNS(C)(=O)=O)cc2)c(C#N)c2ccc(OC)cc21. The molecule has 1 saturated heterocycles. The van der Waals surface area contributed by atoms with E-state index in [9.17, 15) is 47.9 Å². The summed E-state index contributed by atoms with van der Waals surface area (Å²) in [6.45, 7) is 22.8. The second kappa shape index (κ2) is 49.4. The molecule has 0 spiro atoms. The van der Waals surface area contributed by atoms with Crippen molar-refractivity contribution in [2.24, 2.45) is 10.8 Å². The Bertz CT molecular complexity index is 7450. The largest absolute Gasteiger partial charge is 0.497 e. The molecule has 34 heteroatoms. The molecule has 0 saturated carbocycles. The number of amides is 1. The van der Waals surface area contributed by atoms with E-state index in [0.29, 0.717) is 116 Å². The Morgan fingerprint density at radius 1 is 0.397 bits per heavy atom. The van der Waals surface area contributed by atoms with Crippen LogP contribution < -0.4 is 57.8 Å². The van der Waals surface area contributed by atoms with Gasteiger partial charge in [0.05, 0.1) is 157 Å². The lowest BCUT2D eigenvalue weighted by Gasteiger charge is -2.26. The summed E-state index contributed by atoms with van der Waals surface area (Å²) in [4.78, 5) is 17.2. The van der Waals surface area contributed by atoms with Crippen LogP contribution in [-0.4, -0.2) is 176 Å². The number of carbonyl (C=O) groups is 1. The number of nitrogens with two attached hydrogens (primary N) is 1. The van der Waals surface area contributed by atoms with E-state index in [0.717, 1.165) is 171 Å². The molecule has 728 valence electrons. The minimum Gasteiger partial charge on any atom is -0.497 e. The van der Waals surface area contributed by atoms with Crippen LogP contribution in [0.1, 0.15) is 86.6 Å². The number of ether oxygens (including phenoxy) is 10. The summed E-state index contributed by atoms with van der Waals surface area (Å²) in [5.41, 5.74) is 31.5. The van der Waals surface area contributed by atoms with Crippen LogP contribution in [0.25, 0.3) is 121 Å². The number of nitrogens with one attached hydrogen (secondary N) is 2. The molecule has 1 aliphatic rings. The van der Waals surface area contributed by atoms with Gasteiger partial charge in [0.25, 0.3) is 5.91 Å². The van der Waals surface area contributed by atoms with Gasteiger partial charge in [0.2, 0.25) is 20.0 Å². The molecule has 141 heavy (non-hydrogen) atoms. The van der Waals surface area contributed by atoms with Crippen LogP contribution in [0.15, 0.2) is 217 Å². The zero-order valence-corrected chi connectivity index (χ0v) is 82.6. The number of nitrogens with zero attached hydrogens (tertiary/aromatic N) is 14. The van der Waals surface area contributed by atoms with Crippen LogP contribution in [0.4, 0.5) is 0 Å². The molecule has 1 aliphatic heterocycles. The zero-order chi connectivity index (χ0) is 101. The second-order valence-corrected chi connectivity index (χ2v) is 35.7. The van der Waals surface area contributed by atoms with Crippen molar-refractivity contribution < 1.29 is 69.0 Å². The molecule has 15 aromatic rings. The Hall–Kier alpha value is -15.9. The van der Waals surface area contributed by atoms with E-state index in [1.54, 1.807) is 35.4 Å². The third-order valence-corrected chi connectivity index (χ3v) is 25.6. The summed E-state index contributed by atoms with van der Waals surface area (Å²) in [5.74, 6) is 6.59. The maximum absolute atomic E-state index is 12.7. The van der Waals surface area contributed by atoms with Gasteiger partial charge in [0, 0.05) is 133 Å². The van der Waals surface area contributed by atoms with E-state index in [-0.39, 0.29) is 44.5 Å². The minimum absolute atomic E-state index is 0.0164. The number of nitriles is 5. The molecule has 5 aromatic heterocycles. The summed E-state index contributed by atoms with van der Waals surface area (Å²) >= 11 is 0.